The molecule has 3 aromatic rings. The Morgan fingerprint density at radius 2 is 2.00 bits per heavy atom. The Bertz CT molecular complexity index is 735. The molecule has 4 nitrogen and oxygen atoms in total. The molecule has 0 unspecified atom stereocenters. The topological polar surface area (TPSA) is 57.9 Å². The molecule has 0 aliphatic heterocycles. The number of nitrogens with one attached hydrogen (secondary N) is 1. The van der Waals surface area contributed by atoms with Crippen LogP contribution in [0.5, 0.6) is 0 Å². The number of nitrogen functional groups attached to an aromatic ring is 1. The van der Waals surface area contributed by atoms with Crippen molar-refractivity contribution in [3.8, 4) is 0 Å². The van der Waals surface area contributed by atoms with Crippen LogP contribution in [0.25, 0.3) is 11.0 Å². The van der Waals surface area contributed by atoms with Gasteiger partial charge in [0, 0.05) is 12.7 Å². The van der Waals surface area contributed by atoms with Gasteiger partial charge in [-0.25, -0.2) is 9.37 Å². The number of anilines is 3. The number of H-pyrrole nitrogens is 1. The number of imidazole rings is 1. The average Bonchev–Trinajstić information content (AvgIpc) is 2.81. The Kier molecular flexibility index (Phi) is 2.59. The Morgan fingerprint density at radius 3 is 2.79 bits per heavy atom. The second kappa shape index (κ2) is 4.28. The van der Waals surface area contributed by atoms with Crippen molar-refractivity contribution in [2.45, 2.75) is 0 Å². The Morgan fingerprint density at radius 1 is 1.21 bits per heavy atom. The molecule has 0 fully saturated rings. The summed E-state index contributed by atoms with van der Waals surface area (Å²) in [6.07, 6.45) is 0. The Balaban J connectivity index is 2.07. The van der Waals surface area contributed by atoms with Crippen molar-refractivity contribution < 1.29 is 4.39 Å². The zero-order chi connectivity index (χ0) is 13.4. The van der Waals surface area contributed by atoms with Gasteiger partial charge in [-0.3, -0.25) is 0 Å². The summed E-state index contributed by atoms with van der Waals surface area (Å²) in [7, 11) is 1.76. The van der Waals surface area contributed by atoms with E-state index in [1.807, 2.05) is 6.07 Å². The minimum Gasteiger partial charge on any atom is -0.399 e. The van der Waals surface area contributed by atoms with Gasteiger partial charge in [0.05, 0.1) is 16.7 Å². The van der Waals surface area contributed by atoms with E-state index in [0.717, 1.165) is 11.0 Å². The number of nitrogens with two attached hydrogens (primary N) is 1. The van der Waals surface area contributed by atoms with Crippen molar-refractivity contribution in [3.05, 3.63) is 48.3 Å². The van der Waals surface area contributed by atoms with Crippen LogP contribution in [-0.2, 0) is 0 Å². The standard InChI is InChI=1S/C14H13FN4/c1-19(13-5-3-2-4-10(13)15)14-17-11-7-6-9(16)8-12(11)18-14/h2-8H,16H2,1H3,(H,17,18). The van der Waals surface area contributed by atoms with E-state index in [1.165, 1.54) is 6.07 Å². The maximum Gasteiger partial charge on any atom is 0.208 e. The lowest BCUT2D eigenvalue weighted by atomic mass is 10.3. The number of hydrogen-bond donors (Lipinski definition) is 2. The van der Waals surface area contributed by atoms with Crippen LogP contribution in [0.15, 0.2) is 42.5 Å². The molecule has 0 saturated heterocycles. The van der Waals surface area contributed by atoms with Crippen LogP contribution in [-0.4, -0.2) is 17.0 Å². The number of rotatable bonds is 2. The highest BCUT2D eigenvalue weighted by molar-refractivity contribution is 5.81. The molecule has 0 radical (unpaired) electrons. The van der Waals surface area contributed by atoms with E-state index in [-0.39, 0.29) is 5.82 Å². The van der Waals surface area contributed by atoms with E-state index in [0.29, 0.717) is 17.3 Å². The van der Waals surface area contributed by atoms with E-state index >= 15 is 0 Å². The number of halogens is 1. The quantitative estimate of drug-likeness (QED) is 0.693. The number of fused-ring (bicyclic) bond motifs is 1. The van der Waals surface area contributed by atoms with Gasteiger partial charge in [0.1, 0.15) is 5.82 Å². The highest BCUT2D eigenvalue weighted by Crippen LogP contribution is 2.26. The average molecular weight is 256 g/mol. The first-order chi connectivity index (χ1) is 9.15. The lowest BCUT2D eigenvalue weighted by Crippen LogP contribution is -2.12. The molecule has 3 N–H and O–H groups in total. The van der Waals surface area contributed by atoms with Crippen molar-refractivity contribution in [1.29, 1.82) is 0 Å². The Labute approximate surface area is 109 Å². The predicted octanol–water partition coefficient (Wildman–Crippen LogP) is 3.05. The third kappa shape index (κ3) is 1.99. The molecule has 1 heterocycles. The van der Waals surface area contributed by atoms with Crippen LogP contribution in [0.2, 0.25) is 0 Å². The van der Waals surface area contributed by atoms with Crippen LogP contribution < -0.4 is 10.6 Å². The van der Waals surface area contributed by atoms with Crippen molar-refractivity contribution in [2.75, 3.05) is 17.7 Å². The van der Waals surface area contributed by atoms with Crippen LogP contribution in [0.3, 0.4) is 0 Å². The second-order valence-electron chi connectivity index (χ2n) is 4.35. The third-order valence-electron chi connectivity index (χ3n) is 3.02. The van der Waals surface area contributed by atoms with Gasteiger partial charge in [0.25, 0.3) is 0 Å². The molecular weight excluding hydrogens is 243 g/mol. The molecule has 1 aromatic heterocycles. The first-order valence-corrected chi connectivity index (χ1v) is 5.88. The number of aromatic nitrogens is 2. The fourth-order valence-electron chi connectivity index (χ4n) is 2.01. The van der Waals surface area contributed by atoms with Gasteiger partial charge >= 0.3 is 0 Å². The maximum absolute atomic E-state index is 13.7. The van der Waals surface area contributed by atoms with E-state index in [9.17, 15) is 4.39 Å². The monoisotopic (exact) mass is 256 g/mol. The van der Waals surface area contributed by atoms with Crippen molar-refractivity contribution >= 4 is 28.4 Å². The molecule has 96 valence electrons. The van der Waals surface area contributed by atoms with Crippen LogP contribution in [0, 0.1) is 5.82 Å². The summed E-state index contributed by atoms with van der Waals surface area (Å²) in [6.45, 7) is 0. The molecule has 0 saturated carbocycles. The zero-order valence-electron chi connectivity index (χ0n) is 10.4. The summed E-state index contributed by atoms with van der Waals surface area (Å²) < 4.78 is 13.7. The minimum absolute atomic E-state index is 0.287. The molecule has 0 bridgehead atoms. The van der Waals surface area contributed by atoms with Gasteiger partial charge in [-0.15, -0.1) is 0 Å². The van der Waals surface area contributed by atoms with Gasteiger partial charge in [-0.05, 0) is 30.3 Å². The normalized spacial score (nSPS) is 10.8. The molecule has 0 atom stereocenters. The summed E-state index contributed by atoms with van der Waals surface area (Å²) in [6, 6.07) is 12.0. The number of para-hydroxylation sites is 1. The van der Waals surface area contributed by atoms with E-state index in [1.54, 1.807) is 42.3 Å². The number of aromatic amines is 1. The highest BCUT2D eigenvalue weighted by atomic mass is 19.1. The number of hydrogen-bond acceptors (Lipinski definition) is 3. The van der Waals surface area contributed by atoms with Crippen molar-refractivity contribution in [1.82, 2.24) is 9.97 Å². The molecule has 0 spiro atoms. The predicted molar refractivity (Wildman–Crippen MR) is 75.0 cm³/mol. The lowest BCUT2D eigenvalue weighted by Gasteiger charge is -2.16. The SMILES string of the molecule is CN(c1nc2ccc(N)cc2[nH]1)c1ccccc1F. The second-order valence-corrected chi connectivity index (χ2v) is 4.35. The zero-order valence-corrected chi connectivity index (χ0v) is 10.4. The fourth-order valence-corrected chi connectivity index (χ4v) is 2.01. The van der Waals surface area contributed by atoms with Gasteiger partial charge in [0.2, 0.25) is 5.95 Å². The van der Waals surface area contributed by atoms with Crippen LogP contribution >= 0.6 is 0 Å². The van der Waals surface area contributed by atoms with Gasteiger partial charge in [-0.1, -0.05) is 12.1 Å². The van der Waals surface area contributed by atoms with Gasteiger partial charge in [0.15, 0.2) is 0 Å². The largest absolute Gasteiger partial charge is 0.399 e. The summed E-state index contributed by atoms with van der Waals surface area (Å²) in [5.41, 5.74) is 8.48. The smallest absolute Gasteiger partial charge is 0.208 e. The van der Waals surface area contributed by atoms with Crippen LogP contribution in [0.1, 0.15) is 0 Å². The minimum atomic E-state index is -0.287. The Hall–Kier alpha value is -2.56. The van der Waals surface area contributed by atoms with Gasteiger partial charge in [-0.2, -0.15) is 0 Å². The molecule has 0 aliphatic rings. The molecule has 5 heteroatoms. The van der Waals surface area contributed by atoms with E-state index in [4.69, 9.17) is 5.73 Å². The van der Waals surface area contributed by atoms with E-state index < -0.39 is 0 Å². The number of benzene rings is 2. The summed E-state index contributed by atoms with van der Waals surface area (Å²) in [4.78, 5) is 9.22. The first kappa shape index (κ1) is 11.5. The summed E-state index contributed by atoms with van der Waals surface area (Å²) in [5, 5.41) is 0. The van der Waals surface area contributed by atoms with Gasteiger partial charge < -0.3 is 15.6 Å². The number of nitrogens with zero attached hydrogens (tertiary/aromatic N) is 2. The van der Waals surface area contributed by atoms with E-state index in [2.05, 4.69) is 9.97 Å². The van der Waals surface area contributed by atoms with Crippen molar-refractivity contribution in [3.63, 3.8) is 0 Å². The highest BCUT2D eigenvalue weighted by Gasteiger charge is 2.12. The molecule has 0 aliphatic carbocycles. The van der Waals surface area contributed by atoms with Crippen molar-refractivity contribution in [2.24, 2.45) is 0 Å². The fraction of sp³-hybridized carbons (Fsp3) is 0.0714. The summed E-state index contributed by atoms with van der Waals surface area (Å²) >= 11 is 0. The van der Waals surface area contributed by atoms with Crippen LogP contribution in [0.4, 0.5) is 21.7 Å². The molecule has 0 amide bonds. The summed E-state index contributed by atoms with van der Waals surface area (Å²) in [5.74, 6) is 0.288. The maximum atomic E-state index is 13.7. The molecular formula is C14H13FN4. The third-order valence-corrected chi connectivity index (χ3v) is 3.02. The molecule has 3 rings (SSSR count). The molecule has 2 aromatic carbocycles. The first-order valence-electron chi connectivity index (χ1n) is 5.88. The molecule has 19 heavy (non-hydrogen) atoms. The lowest BCUT2D eigenvalue weighted by molar-refractivity contribution is 0.627.